The van der Waals surface area contributed by atoms with Crippen LogP contribution in [0.5, 0.6) is 0 Å². The molecule has 8 rings (SSSR count). The van der Waals surface area contributed by atoms with Crippen molar-refractivity contribution in [1.29, 1.82) is 0 Å². The van der Waals surface area contributed by atoms with Crippen LogP contribution in [0.4, 0.5) is 0 Å². The summed E-state index contributed by atoms with van der Waals surface area (Å²) in [6.45, 7) is 0. The summed E-state index contributed by atoms with van der Waals surface area (Å²) in [6, 6.07) is 49.0. The van der Waals surface area contributed by atoms with Crippen LogP contribution in [0.15, 0.2) is 140 Å². The van der Waals surface area contributed by atoms with Crippen molar-refractivity contribution in [3.63, 3.8) is 0 Å². The summed E-state index contributed by atoms with van der Waals surface area (Å²) >= 11 is 0. The molecule has 3 aromatic heterocycles. The highest BCUT2D eigenvalue weighted by atomic mass is 15.0. The SMILES string of the molecule is c1cc(-c2ccc3ccccc3n2)cc(-n2c3ccccc3c3ccc(-c4ccc5ccccc5n4)cc32)c1. The number of nitrogens with zero attached hydrogens (tertiary/aromatic N) is 3. The summed E-state index contributed by atoms with van der Waals surface area (Å²) in [4.78, 5) is 9.92. The van der Waals surface area contributed by atoms with Crippen LogP contribution >= 0.6 is 0 Å². The summed E-state index contributed by atoms with van der Waals surface area (Å²) in [7, 11) is 0. The summed E-state index contributed by atoms with van der Waals surface area (Å²) in [5.74, 6) is 0. The van der Waals surface area contributed by atoms with Crippen molar-refractivity contribution < 1.29 is 0 Å². The standard InChI is InChI=1S/C36H23N3/c1-4-13-31-24(8-1)17-20-33(37-31)26-10-7-11-28(22-26)39-35-15-6-3-12-29(35)30-19-16-27(23-36(30)39)34-21-18-25-9-2-5-14-32(25)38-34/h1-23H. The molecule has 39 heavy (non-hydrogen) atoms. The lowest BCUT2D eigenvalue weighted by atomic mass is 10.1. The first-order valence-corrected chi connectivity index (χ1v) is 13.2. The first-order chi connectivity index (χ1) is 19.3. The average molecular weight is 498 g/mol. The normalized spacial score (nSPS) is 11.6. The Labute approximate surface area is 225 Å². The van der Waals surface area contributed by atoms with Gasteiger partial charge in [-0.2, -0.15) is 0 Å². The second-order valence-corrected chi connectivity index (χ2v) is 9.91. The van der Waals surface area contributed by atoms with E-state index in [9.17, 15) is 0 Å². The molecule has 0 spiro atoms. The molecule has 0 N–H and O–H groups in total. The Balaban J connectivity index is 1.33. The van der Waals surface area contributed by atoms with E-state index in [1.54, 1.807) is 0 Å². The van der Waals surface area contributed by atoms with Gasteiger partial charge in [0.1, 0.15) is 0 Å². The predicted octanol–water partition coefficient (Wildman–Crippen LogP) is 9.21. The number of pyridine rings is 2. The molecule has 0 fully saturated rings. The van der Waals surface area contributed by atoms with E-state index in [0.29, 0.717) is 0 Å². The first-order valence-electron chi connectivity index (χ1n) is 13.2. The number of hydrogen-bond donors (Lipinski definition) is 0. The predicted molar refractivity (Wildman–Crippen MR) is 162 cm³/mol. The van der Waals surface area contributed by atoms with Gasteiger partial charge < -0.3 is 4.57 Å². The van der Waals surface area contributed by atoms with Crippen LogP contribution < -0.4 is 0 Å². The van der Waals surface area contributed by atoms with Crippen LogP contribution in [0, 0.1) is 0 Å². The van der Waals surface area contributed by atoms with Gasteiger partial charge in [0.15, 0.2) is 0 Å². The van der Waals surface area contributed by atoms with Gasteiger partial charge in [0, 0.05) is 38.4 Å². The van der Waals surface area contributed by atoms with Crippen molar-refractivity contribution in [1.82, 2.24) is 14.5 Å². The fourth-order valence-corrected chi connectivity index (χ4v) is 5.67. The molecule has 8 aromatic rings. The highest BCUT2D eigenvalue weighted by Crippen LogP contribution is 2.35. The monoisotopic (exact) mass is 497 g/mol. The summed E-state index contributed by atoms with van der Waals surface area (Å²) < 4.78 is 2.36. The smallest absolute Gasteiger partial charge is 0.0710 e. The lowest BCUT2D eigenvalue weighted by Crippen LogP contribution is -1.95. The fourth-order valence-electron chi connectivity index (χ4n) is 5.67. The van der Waals surface area contributed by atoms with Gasteiger partial charge in [-0.15, -0.1) is 0 Å². The highest BCUT2D eigenvalue weighted by molar-refractivity contribution is 6.10. The van der Waals surface area contributed by atoms with Crippen molar-refractivity contribution in [2.24, 2.45) is 0 Å². The minimum atomic E-state index is 0.970. The molecule has 0 saturated heterocycles. The van der Waals surface area contributed by atoms with E-state index in [-0.39, 0.29) is 0 Å². The van der Waals surface area contributed by atoms with E-state index in [2.05, 4.69) is 126 Å². The minimum absolute atomic E-state index is 0.970. The number of hydrogen-bond acceptors (Lipinski definition) is 2. The Morgan fingerprint density at radius 2 is 1.03 bits per heavy atom. The zero-order valence-corrected chi connectivity index (χ0v) is 21.1. The third-order valence-corrected chi connectivity index (χ3v) is 7.57. The molecule has 0 aliphatic rings. The fraction of sp³-hybridized carbons (Fsp3) is 0. The largest absolute Gasteiger partial charge is 0.309 e. The van der Waals surface area contributed by atoms with Crippen LogP contribution in [0.2, 0.25) is 0 Å². The lowest BCUT2D eigenvalue weighted by Gasteiger charge is -2.11. The maximum Gasteiger partial charge on any atom is 0.0710 e. The molecule has 3 heterocycles. The molecular weight excluding hydrogens is 474 g/mol. The van der Waals surface area contributed by atoms with Crippen LogP contribution in [0.1, 0.15) is 0 Å². The van der Waals surface area contributed by atoms with Gasteiger partial charge in [0.25, 0.3) is 0 Å². The van der Waals surface area contributed by atoms with Gasteiger partial charge in [-0.05, 0) is 48.5 Å². The average Bonchev–Trinajstić information content (AvgIpc) is 3.34. The van der Waals surface area contributed by atoms with E-state index in [1.807, 2.05) is 18.2 Å². The summed E-state index contributed by atoms with van der Waals surface area (Å²) in [5, 5.41) is 4.76. The van der Waals surface area contributed by atoms with Crippen LogP contribution in [-0.2, 0) is 0 Å². The second kappa shape index (κ2) is 8.64. The van der Waals surface area contributed by atoms with Crippen molar-refractivity contribution in [3.8, 4) is 28.2 Å². The maximum absolute atomic E-state index is 4.97. The molecule has 5 aromatic carbocycles. The van der Waals surface area contributed by atoms with E-state index >= 15 is 0 Å². The second-order valence-electron chi connectivity index (χ2n) is 9.91. The molecule has 0 radical (unpaired) electrons. The molecule has 3 nitrogen and oxygen atoms in total. The Kier molecular flexibility index (Phi) is 4.82. The number of aromatic nitrogens is 3. The Morgan fingerprint density at radius 3 is 1.77 bits per heavy atom. The number of fused-ring (bicyclic) bond motifs is 5. The minimum Gasteiger partial charge on any atom is -0.309 e. The Hall–Kier alpha value is -5.28. The molecule has 3 heteroatoms. The molecule has 182 valence electrons. The Bertz CT molecular complexity index is 2190. The van der Waals surface area contributed by atoms with E-state index in [0.717, 1.165) is 55.5 Å². The number of rotatable bonds is 3. The Morgan fingerprint density at radius 1 is 0.410 bits per heavy atom. The molecule has 0 bridgehead atoms. The van der Waals surface area contributed by atoms with Crippen molar-refractivity contribution in [2.45, 2.75) is 0 Å². The van der Waals surface area contributed by atoms with Crippen molar-refractivity contribution in [2.75, 3.05) is 0 Å². The summed E-state index contributed by atoms with van der Waals surface area (Å²) in [6.07, 6.45) is 0. The number of para-hydroxylation sites is 3. The maximum atomic E-state index is 4.97. The van der Waals surface area contributed by atoms with Gasteiger partial charge in [0.2, 0.25) is 0 Å². The molecule has 0 aliphatic heterocycles. The van der Waals surface area contributed by atoms with E-state index < -0.39 is 0 Å². The molecule has 0 unspecified atom stereocenters. The molecule has 0 aliphatic carbocycles. The zero-order chi connectivity index (χ0) is 25.8. The third-order valence-electron chi connectivity index (χ3n) is 7.57. The quantitative estimate of drug-likeness (QED) is 0.244. The van der Waals surface area contributed by atoms with Gasteiger partial charge in [-0.3, -0.25) is 0 Å². The molecule has 0 atom stereocenters. The summed E-state index contributed by atoms with van der Waals surface area (Å²) in [5.41, 5.74) is 9.60. The van der Waals surface area contributed by atoms with Crippen LogP contribution in [0.25, 0.3) is 71.8 Å². The lowest BCUT2D eigenvalue weighted by molar-refractivity contribution is 1.18. The zero-order valence-electron chi connectivity index (χ0n) is 21.1. The highest BCUT2D eigenvalue weighted by Gasteiger charge is 2.14. The van der Waals surface area contributed by atoms with Gasteiger partial charge in [-0.1, -0.05) is 91.0 Å². The van der Waals surface area contributed by atoms with Crippen molar-refractivity contribution >= 4 is 43.6 Å². The molecule has 0 saturated carbocycles. The van der Waals surface area contributed by atoms with Gasteiger partial charge in [0.05, 0.1) is 33.5 Å². The van der Waals surface area contributed by atoms with Gasteiger partial charge >= 0.3 is 0 Å². The first kappa shape index (κ1) is 21.8. The van der Waals surface area contributed by atoms with Gasteiger partial charge in [-0.25, -0.2) is 9.97 Å². The molecular formula is C36H23N3. The third kappa shape index (κ3) is 3.59. The topological polar surface area (TPSA) is 30.7 Å². The van der Waals surface area contributed by atoms with Crippen LogP contribution in [0.3, 0.4) is 0 Å². The number of benzene rings is 5. The van der Waals surface area contributed by atoms with Crippen molar-refractivity contribution in [3.05, 3.63) is 140 Å². The van der Waals surface area contributed by atoms with E-state index in [4.69, 9.17) is 9.97 Å². The van der Waals surface area contributed by atoms with E-state index in [1.165, 1.54) is 16.3 Å². The van der Waals surface area contributed by atoms with Crippen LogP contribution in [-0.4, -0.2) is 14.5 Å². The molecule has 0 amide bonds.